The van der Waals surface area contributed by atoms with Crippen LogP contribution < -0.4 is 30.7 Å². The van der Waals surface area contributed by atoms with Gasteiger partial charge >= 0.3 is 0 Å². The lowest BCUT2D eigenvalue weighted by Gasteiger charge is -2.16. The first-order valence-electron chi connectivity index (χ1n) is 29.7. The lowest BCUT2D eigenvalue weighted by molar-refractivity contribution is -0.114. The van der Waals surface area contributed by atoms with Crippen LogP contribution in [0.2, 0.25) is 5.28 Å². The summed E-state index contributed by atoms with van der Waals surface area (Å²) in [4.78, 5) is 64.6. The first-order valence-corrected chi connectivity index (χ1v) is 32.1. The Morgan fingerprint density at radius 1 is 0.495 bits per heavy atom. The maximum Gasteiger partial charge on any atom is 0.250 e. The molecule has 8 heterocycles. The highest BCUT2D eigenvalue weighted by molar-refractivity contribution is 9.10. The van der Waals surface area contributed by atoms with E-state index < -0.39 is 5.24 Å². The van der Waals surface area contributed by atoms with Crippen molar-refractivity contribution in [1.29, 1.82) is 0 Å². The second-order valence-corrected chi connectivity index (χ2v) is 23.8. The molecule has 0 bridgehead atoms. The van der Waals surface area contributed by atoms with Gasteiger partial charge in [0.2, 0.25) is 34.3 Å². The molecule has 25 heteroatoms. The molecule has 0 saturated heterocycles. The molecule has 95 heavy (non-hydrogen) atoms. The van der Waals surface area contributed by atoms with Crippen LogP contribution in [0, 0.1) is 0 Å². The lowest BCUT2D eigenvalue weighted by atomic mass is 10.2. The normalized spacial score (nSPS) is 10.2. The predicted octanol–water partition coefficient (Wildman–Crippen LogP) is 13.8. The molecule has 0 spiro atoms. The van der Waals surface area contributed by atoms with Gasteiger partial charge in [-0.2, -0.15) is 19.9 Å². The molecule has 12 aromatic rings. The van der Waals surface area contributed by atoms with E-state index >= 15 is 0 Å². The van der Waals surface area contributed by atoms with Crippen LogP contribution in [-0.2, 0) is 42.2 Å². The minimum Gasteiger partial charge on any atom is -0.348 e. The number of amides is 1. The molecule has 4 aromatic carbocycles. The number of carbonyl (C=O) groups excluding carboxylic acids is 2. The number of fused-ring (bicyclic) bond motifs is 4. The van der Waals surface area contributed by atoms with E-state index in [1.165, 1.54) is 45.8 Å². The molecule has 0 unspecified atom stereocenters. The first-order chi connectivity index (χ1) is 45.3. The van der Waals surface area contributed by atoms with Gasteiger partial charge in [0.1, 0.15) is 0 Å². The Morgan fingerprint density at radius 3 is 1.14 bits per heavy atom. The summed E-state index contributed by atoms with van der Waals surface area (Å²) in [5.74, 6) is 2.49. The topological polar surface area (TPSA) is 208 Å². The zero-order chi connectivity index (χ0) is 68.4. The number of imidazole rings is 4. The maximum absolute atomic E-state index is 11.9. The van der Waals surface area contributed by atoms with Gasteiger partial charge in [0.15, 0.2) is 22.6 Å². The van der Waals surface area contributed by atoms with Crippen LogP contribution in [0.4, 0.5) is 23.5 Å². The van der Waals surface area contributed by atoms with E-state index in [0.717, 1.165) is 85.7 Å². The third-order valence-electron chi connectivity index (χ3n) is 13.7. The number of pyridine rings is 4. The van der Waals surface area contributed by atoms with Crippen LogP contribution in [0.15, 0.2) is 205 Å². The van der Waals surface area contributed by atoms with Gasteiger partial charge in [-0.3, -0.25) is 9.59 Å². The van der Waals surface area contributed by atoms with Crippen LogP contribution >= 0.6 is 67.5 Å². The van der Waals surface area contributed by atoms with Crippen LogP contribution in [0.1, 0.15) is 34.7 Å². The van der Waals surface area contributed by atoms with Gasteiger partial charge in [0.05, 0.1) is 60.1 Å². The largest absolute Gasteiger partial charge is 0.348 e. The standard InChI is InChI=1S/C19H21N5O.C17H20N4.C15H15BrN4.C13H9BrClN3.C3H3ClO.C2H7N.CH5N.ClH/c1-5-17(25)23(4)15-11-16-18(20-12-15)21-19(22(2)3)24(16)13-14-9-7-6-8-10-14;1-4-13-10-15-16(18-11-13)19-17(20(2)3)21(15)12-14-8-6-5-7-9-14;1-19(2)15-18-14-13(8-12(16)9-17-14)20(15)10-11-6-4-3-5-7-11;14-10-6-11-12(16-7-10)17-13(15)18(11)8-9-4-2-1-3-5-9;1-2-3(4)5;1-3-2;1-2;/h5-12H,1,13H2,2-4H3;5-11H,4,12H2,1-3H3;3-9H,10H2,1-2H3;1-7H,8H2;2H,1H2;3H,1-2H3;2H2,1H3;1H. The number of halogens is 5. The average Bonchev–Trinajstić information content (AvgIpc) is 1.67. The number of nitrogens with one attached hydrogen (secondary N) is 1. The summed E-state index contributed by atoms with van der Waals surface area (Å²) in [6, 6.07) is 49.3. The second kappa shape index (κ2) is 38.5. The Bertz CT molecular complexity index is 4380. The molecule has 0 aliphatic carbocycles. The number of aryl methyl sites for hydroxylation is 1. The van der Waals surface area contributed by atoms with Crippen molar-refractivity contribution in [3.05, 3.63) is 238 Å². The van der Waals surface area contributed by atoms with Crippen LogP contribution in [0.5, 0.6) is 0 Å². The Hall–Kier alpha value is -8.87. The molecular formula is C70H81Br2Cl3N18O2. The van der Waals surface area contributed by atoms with E-state index in [0.29, 0.717) is 35.4 Å². The van der Waals surface area contributed by atoms with Crippen molar-refractivity contribution in [2.75, 3.05) is 90.1 Å². The monoisotopic (exact) mass is 1470 g/mol. The lowest BCUT2D eigenvalue weighted by Crippen LogP contribution is -2.23. The number of hydrogen-bond donors (Lipinski definition) is 2. The van der Waals surface area contributed by atoms with Crippen molar-refractivity contribution in [3.63, 3.8) is 0 Å². The van der Waals surface area contributed by atoms with E-state index in [9.17, 15) is 9.59 Å². The van der Waals surface area contributed by atoms with Gasteiger partial charge in [-0.25, -0.2) is 19.9 Å². The Balaban J connectivity index is 0.000000219. The summed E-state index contributed by atoms with van der Waals surface area (Å²) in [6.45, 7) is 11.7. The molecule has 3 N–H and O–H groups in total. The number of allylic oxidation sites excluding steroid dienone is 1. The number of likely N-dealkylation sites (N-methyl/N-ethyl adjacent to an activating group) is 1. The minimum atomic E-state index is -0.509. The van der Waals surface area contributed by atoms with Gasteiger partial charge in [-0.1, -0.05) is 141 Å². The summed E-state index contributed by atoms with van der Waals surface area (Å²) < 4.78 is 10.3. The highest BCUT2D eigenvalue weighted by atomic mass is 79.9. The summed E-state index contributed by atoms with van der Waals surface area (Å²) in [5.41, 5.74) is 18.2. The van der Waals surface area contributed by atoms with E-state index in [1.54, 1.807) is 25.6 Å². The van der Waals surface area contributed by atoms with Gasteiger partial charge in [-0.15, -0.1) is 12.4 Å². The molecule has 0 radical (unpaired) electrons. The zero-order valence-electron chi connectivity index (χ0n) is 55.2. The number of hydrogen-bond acceptors (Lipinski definition) is 15. The van der Waals surface area contributed by atoms with Crippen LogP contribution in [0.3, 0.4) is 0 Å². The minimum absolute atomic E-state index is 0. The Labute approximate surface area is 588 Å². The fourth-order valence-corrected chi connectivity index (χ4v) is 10.2. The average molecular weight is 1470 g/mol. The molecule has 20 nitrogen and oxygen atoms in total. The third kappa shape index (κ3) is 21.6. The van der Waals surface area contributed by atoms with Gasteiger partial charge in [0, 0.05) is 76.9 Å². The summed E-state index contributed by atoms with van der Waals surface area (Å²) in [7, 11) is 18.9. The Kier molecular flexibility index (Phi) is 31.1. The van der Waals surface area contributed by atoms with Crippen molar-refractivity contribution >= 4 is 147 Å². The van der Waals surface area contributed by atoms with E-state index in [4.69, 9.17) is 23.2 Å². The van der Waals surface area contributed by atoms with Gasteiger partial charge in [-0.05, 0) is 147 Å². The summed E-state index contributed by atoms with van der Waals surface area (Å²) in [5, 5.41) is 2.70. The summed E-state index contributed by atoms with van der Waals surface area (Å²) in [6.07, 6.45) is 10.4. The molecular weight excluding hydrogens is 1390 g/mol. The molecule has 1 amide bonds. The number of carbonyl (C=O) groups is 2. The highest BCUT2D eigenvalue weighted by Crippen LogP contribution is 2.28. The quantitative estimate of drug-likeness (QED) is 0.0723. The molecule has 0 aliphatic heterocycles. The fraction of sp³-hybridized carbons (Fsp3) is 0.229. The van der Waals surface area contributed by atoms with Crippen LogP contribution in [0.25, 0.3) is 44.7 Å². The Morgan fingerprint density at radius 2 is 0.800 bits per heavy atom. The molecule has 0 saturated carbocycles. The SMILES string of the molecule is C=CC(=O)Cl.C=CC(=O)N(C)c1cnc2nc(N(C)C)n(Cc3ccccc3)c2c1.CCc1cnc2nc(N(C)C)n(Cc3ccccc3)c2c1.CN.CN(C)c1nc2ncc(Br)cc2n1Cc1ccccc1.CNC.Cl.Clc1nc2ncc(Br)cc2n1Cc1ccccc1. The second-order valence-electron chi connectivity index (χ2n) is 21.3. The number of nitrogens with two attached hydrogens (primary N) is 1. The highest BCUT2D eigenvalue weighted by Gasteiger charge is 2.19. The number of aromatic nitrogens is 12. The van der Waals surface area contributed by atoms with Gasteiger partial charge < -0.3 is 48.9 Å². The maximum atomic E-state index is 11.9. The van der Waals surface area contributed by atoms with E-state index in [1.807, 2.05) is 143 Å². The fourth-order valence-electron chi connectivity index (χ4n) is 9.29. The third-order valence-corrected chi connectivity index (χ3v) is 15.0. The van der Waals surface area contributed by atoms with Crippen molar-refractivity contribution in [3.8, 4) is 0 Å². The molecule has 0 aliphatic rings. The number of anilines is 4. The van der Waals surface area contributed by atoms with Crippen molar-refractivity contribution in [2.24, 2.45) is 5.73 Å². The molecule has 0 fully saturated rings. The zero-order valence-corrected chi connectivity index (χ0v) is 60.7. The van der Waals surface area contributed by atoms with E-state index in [2.05, 4.69) is 201 Å². The number of nitrogens with zero attached hydrogens (tertiary/aromatic N) is 16. The molecule has 12 rings (SSSR count). The predicted molar refractivity (Wildman–Crippen MR) is 402 cm³/mol. The molecule has 498 valence electrons. The van der Waals surface area contributed by atoms with Crippen molar-refractivity contribution in [2.45, 2.75) is 39.5 Å². The molecule has 0 atom stereocenters. The molecule has 8 aromatic heterocycles. The van der Waals surface area contributed by atoms with Crippen molar-refractivity contribution < 1.29 is 9.59 Å². The van der Waals surface area contributed by atoms with Gasteiger partial charge in [0.25, 0.3) is 0 Å². The number of rotatable bonds is 15. The number of benzene rings is 4. The first kappa shape index (κ1) is 76.8. The summed E-state index contributed by atoms with van der Waals surface area (Å²) >= 11 is 17.8. The van der Waals surface area contributed by atoms with Crippen molar-refractivity contribution in [1.82, 2.24) is 63.5 Å². The smallest absolute Gasteiger partial charge is 0.250 e. The van der Waals surface area contributed by atoms with E-state index in [-0.39, 0.29) is 18.3 Å². The van der Waals surface area contributed by atoms with Crippen LogP contribution in [-0.4, -0.2) is 140 Å².